The molecule has 0 amide bonds. The lowest BCUT2D eigenvalue weighted by atomic mass is 10.0. The zero-order valence-corrected chi connectivity index (χ0v) is 11.7. The minimum absolute atomic E-state index is 0.0311. The average Bonchev–Trinajstić information content (AvgIpc) is 2.93. The molecule has 21 heavy (non-hydrogen) atoms. The standard InChI is InChI=1S/C11H11N5O4S/c12-6-9-10(2-1-4-13-9)21(19,20)16-5-3-11(8-16,15-18)7-14-17/h1-2,4H,3,5,7-8H2. The number of hydrogen-bond acceptors (Lipinski definition) is 8. The van der Waals surface area contributed by atoms with E-state index in [2.05, 4.69) is 15.3 Å². The molecule has 0 spiro atoms. The smallest absolute Gasteiger partial charge is 0.244 e. The maximum absolute atomic E-state index is 12.5. The van der Waals surface area contributed by atoms with Gasteiger partial charge >= 0.3 is 0 Å². The van der Waals surface area contributed by atoms with E-state index in [0.717, 1.165) is 4.31 Å². The Hall–Kier alpha value is -2.25. The van der Waals surface area contributed by atoms with E-state index >= 15 is 0 Å². The van der Waals surface area contributed by atoms with E-state index in [9.17, 15) is 18.2 Å². The Morgan fingerprint density at radius 1 is 1.48 bits per heavy atom. The van der Waals surface area contributed by atoms with Crippen molar-refractivity contribution in [3.8, 4) is 6.07 Å². The molecule has 9 nitrogen and oxygen atoms in total. The van der Waals surface area contributed by atoms with Crippen LogP contribution in [0.15, 0.2) is 33.6 Å². The summed E-state index contributed by atoms with van der Waals surface area (Å²) >= 11 is 0. The molecule has 1 aliphatic rings. The third-order valence-electron chi connectivity index (χ3n) is 3.34. The van der Waals surface area contributed by atoms with Crippen molar-refractivity contribution in [3.05, 3.63) is 33.8 Å². The third-order valence-corrected chi connectivity index (χ3v) is 5.22. The summed E-state index contributed by atoms with van der Waals surface area (Å²) in [6.07, 6.45) is 1.43. The van der Waals surface area contributed by atoms with E-state index in [4.69, 9.17) is 5.26 Å². The number of nitriles is 1. The molecule has 0 bridgehead atoms. The first-order valence-corrected chi connectivity index (χ1v) is 7.42. The second-order valence-corrected chi connectivity index (χ2v) is 6.56. The first-order valence-electron chi connectivity index (χ1n) is 5.98. The van der Waals surface area contributed by atoms with Gasteiger partial charge in [-0.2, -0.15) is 19.4 Å². The van der Waals surface area contributed by atoms with E-state index in [-0.39, 0.29) is 36.6 Å². The number of sulfonamides is 1. The van der Waals surface area contributed by atoms with Gasteiger partial charge in [0, 0.05) is 19.3 Å². The van der Waals surface area contributed by atoms with Crippen LogP contribution in [0.4, 0.5) is 0 Å². The van der Waals surface area contributed by atoms with Crippen molar-refractivity contribution in [1.82, 2.24) is 9.29 Å². The van der Waals surface area contributed by atoms with Crippen LogP contribution in [0, 0.1) is 21.1 Å². The summed E-state index contributed by atoms with van der Waals surface area (Å²) in [5.74, 6) is 0. The largest absolute Gasteiger partial charge is 0.246 e. The van der Waals surface area contributed by atoms with E-state index in [0.29, 0.717) is 0 Å². The number of nitrogens with zero attached hydrogens (tertiary/aromatic N) is 5. The van der Waals surface area contributed by atoms with Crippen LogP contribution in [-0.2, 0) is 10.0 Å². The maximum Gasteiger partial charge on any atom is 0.246 e. The molecule has 1 aromatic rings. The molecule has 2 rings (SSSR count). The fraction of sp³-hybridized carbons (Fsp3) is 0.455. The molecule has 0 N–H and O–H groups in total. The highest BCUT2D eigenvalue weighted by Gasteiger charge is 2.45. The van der Waals surface area contributed by atoms with Crippen molar-refractivity contribution in [1.29, 1.82) is 5.26 Å². The highest BCUT2D eigenvalue weighted by molar-refractivity contribution is 7.89. The predicted molar refractivity (Wildman–Crippen MR) is 71.5 cm³/mol. The van der Waals surface area contributed by atoms with Crippen LogP contribution in [-0.4, -0.2) is 42.9 Å². The highest BCUT2D eigenvalue weighted by Crippen LogP contribution is 2.30. The molecule has 1 aromatic heterocycles. The third kappa shape index (κ3) is 2.65. The fourth-order valence-corrected chi connectivity index (χ4v) is 3.81. The summed E-state index contributed by atoms with van der Waals surface area (Å²) in [6.45, 7) is -0.575. The zero-order chi connectivity index (χ0) is 15.5. The Labute approximate surface area is 120 Å². The number of hydrogen-bond donors (Lipinski definition) is 0. The summed E-state index contributed by atoms with van der Waals surface area (Å²) in [6, 6.07) is 4.39. The van der Waals surface area contributed by atoms with Crippen molar-refractivity contribution in [3.63, 3.8) is 0 Å². The molecule has 0 aromatic carbocycles. The summed E-state index contributed by atoms with van der Waals surface area (Å²) in [7, 11) is -3.98. The van der Waals surface area contributed by atoms with Gasteiger partial charge in [0.15, 0.2) is 5.69 Å². The average molecular weight is 309 g/mol. The lowest BCUT2D eigenvalue weighted by Gasteiger charge is -2.19. The molecular formula is C11H11N5O4S. The minimum atomic E-state index is -3.98. The lowest BCUT2D eigenvalue weighted by Crippen LogP contribution is -2.37. The van der Waals surface area contributed by atoms with Gasteiger partial charge in [-0.25, -0.2) is 13.4 Å². The Morgan fingerprint density at radius 2 is 2.24 bits per heavy atom. The molecule has 0 radical (unpaired) electrons. The number of aromatic nitrogens is 1. The molecule has 1 fully saturated rings. The zero-order valence-electron chi connectivity index (χ0n) is 10.8. The van der Waals surface area contributed by atoms with Crippen LogP contribution in [0.2, 0.25) is 0 Å². The molecule has 0 saturated carbocycles. The van der Waals surface area contributed by atoms with Crippen molar-refractivity contribution in [2.24, 2.45) is 10.4 Å². The van der Waals surface area contributed by atoms with E-state index in [1.807, 2.05) is 0 Å². The molecule has 2 heterocycles. The Kier molecular flexibility index (Phi) is 4.06. The highest BCUT2D eigenvalue weighted by atomic mass is 32.2. The van der Waals surface area contributed by atoms with Gasteiger partial charge in [-0.1, -0.05) is 10.4 Å². The van der Waals surface area contributed by atoms with Gasteiger partial charge in [0.2, 0.25) is 10.0 Å². The molecule has 10 heteroatoms. The summed E-state index contributed by atoms with van der Waals surface area (Å²) in [5, 5.41) is 14.5. The van der Waals surface area contributed by atoms with Crippen molar-refractivity contribution < 1.29 is 8.42 Å². The summed E-state index contributed by atoms with van der Waals surface area (Å²) in [4.78, 5) is 24.8. The summed E-state index contributed by atoms with van der Waals surface area (Å²) < 4.78 is 26.0. The maximum atomic E-state index is 12.5. The van der Waals surface area contributed by atoms with E-state index < -0.39 is 15.6 Å². The van der Waals surface area contributed by atoms with Crippen molar-refractivity contribution in [2.75, 3.05) is 19.6 Å². The van der Waals surface area contributed by atoms with Gasteiger partial charge in [0.1, 0.15) is 23.0 Å². The fourth-order valence-electron chi connectivity index (χ4n) is 2.20. The summed E-state index contributed by atoms with van der Waals surface area (Å²) in [5.41, 5.74) is -1.55. The molecular weight excluding hydrogens is 298 g/mol. The first-order chi connectivity index (χ1) is 9.99. The van der Waals surface area contributed by atoms with Crippen LogP contribution >= 0.6 is 0 Å². The van der Waals surface area contributed by atoms with Crippen LogP contribution in [0.5, 0.6) is 0 Å². The van der Waals surface area contributed by atoms with Crippen LogP contribution < -0.4 is 0 Å². The van der Waals surface area contributed by atoms with Gasteiger partial charge in [0.05, 0.1) is 0 Å². The van der Waals surface area contributed by atoms with Gasteiger partial charge in [-0.05, 0) is 18.6 Å². The monoisotopic (exact) mass is 309 g/mol. The molecule has 1 aliphatic heterocycles. The number of pyridine rings is 1. The van der Waals surface area contributed by atoms with Gasteiger partial charge in [-0.15, -0.1) is 0 Å². The molecule has 110 valence electrons. The van der Waals surface area contributed by atoms with Gasteiger partial charge in [0.25, 0.3) is 0 Å². The quantitative estimate of drug-likeness (QED) is 0.732. The lowest BCUT2D eigenvalue weighted by molar-refractivity contribution is 0.422. The Morgan fingerprint density at radius 3 is 2.86 bits per heavy atom. The second kappa shape index (κ2) is 5.63. The second-order valence-electron chi connectivity index (χ2n) is 4.65. The van der Waals surface area contributed by atoms with Gasteiger partial charge in [-0.3, -0.25) is 0 Å². The minimum Gasteiger partial charge on any atom is -0.244 e. The molecule has 1 unspecified atom stereocenters. The van der Waals surface area contributed by atoms with Crippen LogP contribution in [0.1, 0.15) is 12.1 Å². The Bertz CT molecular complexity index is 714. The van der Waals surface area contributed by atoms with E-state index in [1.165, 1.54) is 18.3 Å². The molecule has 1 atom stereocenters. The van der Waals surface area contributed by atoms with Crippen LogP contribution in [0.25, 0.3) is 0 Å². The SMILES string of the molecule is N#Cc1ncccc1S(=O)(=O)N1CCC(CN=O)(N=O)C1. The molecule has 0 aliphatic carbocycles. The Balaban J connectivity index is 2.37. The van der Waals surface area contributed by atoms with Crippen molar-refractivity contribution in [2.45, 2.75) is 16.9 Å². The normalized spacial score (nSPS) is 22.6. The van der Waals surface area contributed by atoms with E-state index in [1.54, 1.807) is 6.07 Å². The first kappa shape index (κ1) is 15.1. The van der Waals surface area contributed by atoms with Gasteiger partial charge < -0.3 is 0 Å². The molecule has 1 saturated heterocycles. The van der Waals surface area contributed by atoms with Crippen molar-refractivity contribution >= 4 is 10.0 Å². The number of nitroso groups, excluding NO2 is 2. The number of rotatable bonds is 5. The van der Waals surface area contributed by atoms with Crippen LogP contribution in [0.3, 0.4) is 0 Å². The topological polar surface area (TPSA) is 133 Å². The predicted octanol–water partition coefficient (Wildman–Crippen LogP) is 0.619.